The lowest BCUT2D eigenvalue weighted by Crippen LogP contribution is -2.30. The summed E-state index contributed by atoms with van der Waals surface area (Å²) in [5, 5.41) is 1.69. The van der Waals surface area contributed by atoms with E-state index in [2.05, 4.69) is 28.3 Å². The predicted octanol–water partition coefficient (Wildman–Crippen LogP) is 4.64. The van der Waals surface area contributed by atoms with Gasteiger partial charge in [0, 0.05) is 31.5 Å². The van der Waals surface area contributed by atoms with Crippen LogP contribution in [0.2, 0.25) is 0 Å². The maximum absolute atomic E-state index is 13.1. The van der Waals surface area contributed by atoms with Gasteiger partial charge in [-0.05, 0) is 36.7 Å². The highest BCUT2D eigenvalue weighted by Gasteiger charge is 2.38. The molecule has 3 rings (SSSR count). The number of aliphatic imine (C=N–C) groups is 1. The Balaban J connectivity index is 1.63. The third-order valence-electron chi connectivity index (χ3n) is 4.87. The van der Waals surface area contributed by atoms with Gasteiger partial charge in [0.1, 0.15) is 4.91 Å². The second-order valence-corrected chi connectivity index (χ2v) is 8.98. The van der Waals surface area contributed by atoms with Crippen LogP contribution < -0.4 is 4.90 Å². The van der Waals surface area contributed by atoms with E-state index in [9.17, 15) is 9.59 Å². The summed E-state index contributed by atoms with van der Waals surface area (Å²) in [5.41, 5.74) is 1.12. The van der Waals surface area contributed by atoms with Gasteiger partial charge >= 0.3 is 5.97 Å². The Morgan fingerprint density at radius 3 is 2.70 bits per heavy atom. The second kappa shape index (κ2) is 10.7. The topological polar surface area (TPSA) is 62.2 Å². The van der Waals surface area contributed by atoms with Crippen LogP contribution in [0.4, 0.5) is 5.69 Å². The first-order valence-electron chi connectivity index (χ1n) is 10.0. The number of nitrogens with zero attached hydrogens (tertiary/aromatic N) is 3. The highest BCUT2D eigenvalue weighted by molar-refractivity contribution is 8.19. The van der Waals surface area contributed by atoms with Crippen molar-refractivity contribution in [1.82, 2.24) is 4.90 Å². The Morgan fingerprint density at radius 2 is 1.97 bits per heavy atom. The third kappa shape index (κ3) is 5.10. The van der Waals surface area contributed by atoms with Gasteiger partial charge in [-0.3, -0.25) is 19.5 Å². The summed E-state index contributed by atoms with van der Waals surface area (Å²) in [6.07, 6.45) is 5.92. The maximum atomic E-state index is 13.1. The molecule has 160 valence electrons. The van der Waals surface area contributed by atoms with E-state index in [0.29, 0.717) is 19.5 Å². The fourth-order valence-electron chi connectivity index (χ4n) is 3.26. The summed E-state index contributed by atoms with van der Waals surface area (Å²) >= 11 is 3.08. The number of benzene rings is 1. The molecule has 6 nitrogen and oxygen atoms in total. The number of rotatable bonds is 9. The van der Waals surface area contributed by atoms with Crippen LogP contribution in [0.3, 0.4) is 0 Å². The largest absolute Gasteiger partial charge is 0.469 e. The van der Waals surface area contributed by atoms with Gasteiger partial charge in [0.15, 0.2) is 5.17 Å². The van der Waals surface area contributed by atoms with Crippen LogP contribution in [0, 0.1) is 0 Å². The van der Waals surface area contributed by atoms with Crippen molar-refractivity contribution in [2.45, 2.75) is 37.0 Å². The number of methoxy groups -OCH3 is 1. The molecule has 0 N–H and O–H groups in total. The maximum Gasteiger partial charge on any atom is 0.305 e. The number of carbonyl (C=O) groups is 2. The summed E-state index contributed by atoms with van der Waals surface area (Å²) < 4.78 is 4.65. The monoisotopic (exact) mass is 445 g/mol. The number of amides is 1. The smallest absolute Gasteiger partial charge is 0.305 e. The Kier molecular flexibility index (Phi) is 8.04. The molecule has 0 aliphatic carbocycles. The van der Waals surface area contributed by atoms with Gasteiger partial charge in [0.25, 0.3) is 5.91 Å². The Hall–Kier alpha value is -2.19. The van der Waals surface area contributed by atoms with E-state index in [0.717, 1.165) is 51.4 Å². The van der Waals surface area contributed by atoms with Crippen molar-refractivity contribution in [2.75, 3.05) is 32.1 Å². The predicted molar refractivity (Wildman–Crippen MR) is 125 cm³/mol. The molecule has 1 fully saturated rings. The average molecular weight is 446 g/mol. The van der Waals surface area contributed by atoms with Gasteiger partial charge in [0.05, 0.1) is 17.8 Å². The van der Waals surface area contributed by atoms with E-state index >= 15 is 0 Å². The van der Waals surface area contributed by atoms with E-state index in [-0.39, 0.29) is 11.9 Å². The molecule has 0 radical (unpaired) electrons. The molecule has 2 aliphatic rings. The lowest BCUT2D eigenvalue weighted by molar-refractivity contribution is -0.140. The number of esters is 1. The number of hydrogen-bond donors (Lipinski definition) is 0. The Labute approximate surface area is 186 Å². The quantitative estimate of drug-likeness (QED) is 0.239. The molecule has 30 heavy (non-hydrogen) atoms. The molecular formula is C22H27N3O3S2. The minimum atomic E-state index is -0.159. The van der Waals surface area contributed by atoms with E-state index in [1.165, 1.54) is 18.9 Å². The van der Waals surface area contributed by atoms with Crippen molar-refractivity contribution in [1.29, 1.82) is 0 Å². The first-order chi connectivity index (χ1) is 14.6. The fourth-order valence-corrected chi connectivity index (χ4v) is 5.61. The normalized spacial score (nSPS) is 19.5. The van der Waals surface area contributed by atoms with Crippen molar-refractivity contribution >= 4 is 46.3 Å². The van der Waals surface area contributed by atoms with Crippen molar-refractivity contribution in [2.24, 2.45) is 4.99 Å². The highest BCUT2D eigenvalue weighted by Crippen LogP contribution is 2.49. The Morgan fingerprint density at radius 1 is 1.20 bits per heavy atom. The minimum absolute atomic E-state index is 0.0149. The van der Waals surface area contributed by atoms with Crippen LogP contribution in [0.25, 0.3) is 0 Å². The molecule has 1 aromatic carbocycles. The van der Waals surface area contributed by atoms with E-state index in [4.69, 9.17) is 4.99 Å². The molecule has 1 aromatic rings. The molecule has 0 saturated carbocycles. The van der Waals surface area contributed by atoms with Crippen LogP contribution in [-0.4, -0.2) is 49.2 Å². The molecule has 8 heteroatoms. The zero-order chi connectivity index (χ0) is 21.5. The highest BCUT2D eigenvalue weighted by atomic mass is 32.2. The first kappa shape index (κ1) is 22.5. The van der Waals surface area contributed by atoms with E-state index in [1.54, 1.807) is 22.7 Å². The summed E-state index contributed by atoms with van der Waals surface area (Å²) in [6, 6.07) is 8.16. The number of amidine groups is 1. The average Bonchev–Trinajstić information content (AvgIpc) is 3.24. The molecule has 2 aliphatic heterocycles. The summed E-state index contributed by atoms with van der Waals surface area (Å²) in [4.78, 5) is 34.6. The molecule has 0 unspecified atom stereocenters. The molecule has 0 spiro atoms. The number of unbranched alkanes of at least 4 members (excludes halogenated alkanes) is 3. The van der Waals surface area contributed by atoms with Gasteiger partial charge in [-0.2, -0.15) is 0 Å². The molecular weight excluding hydrogens is 418 g/mol. The van der Waals surface area contributed by atoms with Gasteiger partial charge in [0.2, 0.25) is 0 Å². The summed E-state index contributed by atoms with van der Waals surface area (Å²) in [5.74, 6) is -0.174. The number of fused-ring (bicyclic) bond motifs is 1. The number of anilines is 1. The lowest BCUT2D eigenvalue weighted by Gasteiger charge is -2.15. The number of para-hydroxylation sites is 1. The lowest BCUT2D eigenvalue weighted by atomic mass is 10.1. The van der Waals surface area contributed by atoms with Gasteiger partial charge < -0.3 is 9.64 Å². The van der Waals surface area contributed by atoms with Crippen molar-refractivity contribution in [3.05, 3.63) is 46.9 Å². The first-order valence-corrected chi connectivity index (χ1v) is 11.7. The van der Waals surface area contributed by atoms with Crippen LogP contribution >= 0.6 is 23.5 Å². The number of ether oxygens (including phenoxy) is 1. The van der Waals surface area contributed by atoms with Crippen molar-refractivity contribution in [3.8, 4) is 0 Å². The van der Waals surface area contributed by atoms with Crippen LogP contribution in [-0.2, 0) is 14.3 Å². The molecule has 0 atom stereocenters. The van der Waals surface area contributed by atoms with Crippen LogP contribution in [0.5, 0.6) is 0 Å². The molecule has 0 bridgehead atoms. The molecule has 1 amide bonds. The van der Waals surface area contributed by atoms with E-state index < -0.39 is 0 Å². The van der Waals surface area contributed by atoms with Crippen LogP contribution in [0.15, 0.2) is 56.7 Å². The molecule has 2 heterocycles. The fraction of sp³-hybridized carbons (Fsp3) is 0.409. The van der Waals surface area contributed by atoms with Gasteiger partial charge in [-0.15, -0.1) is 6.58 Å². The number of carbonyl (C=O) groups excluding carboxylic acids is 2. The minimum Gasteiger partial charge on any atom is -0.469 e. The third-order valence-corrected chi connectivity index (χ3v) is 7.34. The second-order valence-electron chi connectivity index (χ2n) is 6.97. The summed E-state index contributed by atoms with van der Waals surface area (Å²) in [7, 11) is 3.41. The Bertz CT molecular complexity index is 882. The SMILES string of the molecule is C=CCN1C(=O)/C(=C2/Sc3ccccc3N2C)SC1=NCCCCCCC(=O)OC. The van der Waals surface area contributed by atoms with Crippen molar-refractivity contribution in [3.63, 3.8) is 0 Å². The number of thioether (sulfide) groups is 2. The molecule has 0 aromatic heterocycles. The number of hydrogen-bond acceptors (Lipinski definition) is 7. The zero-order valence-corrected chi connectivity index (χ0v) is 19.1. The van der Waals surface area contributed by atoms with Crippen LogP contribution in [0.1, 0.15) is 32.1 Å². The van der Waals surface area contributed by atoms with Crippen molar-refractivity contribution < 1.29 is 14.3 Å². The van der Waals surface area contributed by atoms with Gasteiger partial charge in [-0.1, -0.05) is 42.8 Å². The van der Waals surface area contributed by atoms with Gasteiger partial charge in [-0.25, -0.2) is 0 Å². The zero-order valence-electron chi connectivity index (χ0n) is 17.4. The van der Waals surface area contributed by atoms with E-state index in [1.807, 2.05) is 19.2 Å². The standard InChI is InChI=1S/C22H27N3O3S2/c1-4-15-25-20(27)19(21-24(2)16-11-8-9-12-17(16)29-21)30-22(25)23-14-10-6-5-7-13-18(26)28-3/h4,8-9,11-12H,1,5-7,10,13-15H2,2-3H3/b21-19-,23-22?. The summed E-state index contributed by atoms with van der Waals surface area (Å²) in [6.45, 7) is 4.89. The molecule has 1 saturated heterocycles.